The lowest BCUT2D eigenvalue weighted by atomic mass is 10.0. The Labute approximate surface area is 152 Å². The maximum Gasteiger partial charge on any atom is 0.337 e. The summed E-state index contributed by atoms with van der Waals surface area (Å²) in [6.07, 6.45) is 0.0840. The molecular weight excluding hydrogens is 353 g/mol. The molecule has 0 saturated carbocycles. The molecule has 7 heteroatoms. The zero-order valence-corrected chi connectivity index (χ0v) is 15.5. The molecule has 6 nitrogen and oxygen atoms in total. The van der Waals surface area contributed by atoms with E-state index >= 15 is 0 Å². The van der Waals surface area contributed by atoms with Crippen LogP contribution < -0.4 is 5.32 Å². The summed E-state index contributed by atoms with van der Waals surface area (Å²) in [5.74, 6) is -0.908. The largest absolute Gasteiger partial charge is 0.337 e. The van der Waals surface area contributed by atoms with Gasteiger partial charge in [0.15, 0.2) is 5.78 Å². The Morgan fingerprint density at radius 3 is 2.00 bits per heavy atom. The van der Waals surface area contributed by atoms with Crippen molar-refractivity contribution in [3.05, 3.63) is 65.7 Å². The van der Waals surface area contributed by atoms with Crippen molar-refractivity contribution in [2.45, 2.75) is 25.9 Å². The molecule has 3 N–H and O–H groups in total. The molecular formula is C19H22NO5P. The van der Waals surface area contributed by atoms with Crippen molar-refractivity contribution in [3.8, 4) is 0 Å². The van der Waals surface area contributed by atoms with Crippen molar-refractivity contribution < 1.29 is 23.9 Å². The van der Waals surface area contributed by atoms with Gasteiger partial charge in [0.05, 0.1) is 0 Å². The van der Waals surface area contributed by atoms with E-state index in [1.807, 2.05) is 6.07 Å². The van der Waals surface area contributed by atoms with Crippen molar-refractivity contribution in [1.82, 2.24) is 0 Å². The molecule has 0 aromatic heterocycles. The molecule has 1 unspecified atom stereocenters. The highest BCUT2D eigenvalue weighted by Gasteiger charge is 2.36. The monoisotopic (exact) mass is 375 g/mol. The van der Waals surface area contributed by atoms with Crippen molar-refractivity contribution >= 4 is 25.0 Å². The molecule has 0 spiro atoms. The molecule has 2 aromatic carbocycles. The van der Waals surface area contributed by atoms with Crippen LogP contribution in [0.2, 0.25) is 0 Å². The summed E-state index contributed by atoms with van der Waals surface area (Å²) < 4.78 is 11.6. The van der Waals surface area contributed by atoms with Gasteiger partial charge >= 0.3 is 7.60 Å². The Kier molecular flexibility index (Phi) is 6.48. The van der Waals surface area contributed by atoms with Crippen LogP contribution in [0.25, 0.3) is 0 Å². The zero-order chi connectivity index (χ0) is 19.3. The predicted molar refractivity (Wildman–Crippen MR) is 100 cm³/mol. The minimum atomic E-state index is -4.55. The standard InChI is InChI=1S/C19H22NO5P/c1-13(2)12-17(26(23,24)25)19(22)20-16-10-8-15(9-11-16)18(21)14-6-4-3-5-7-14/h3-11,13,17H,12H2,1-2H3,(H,20,22)(H2,23,24,25). The van der Waals surface area contributed by atoms with Gasteiger partial charge in [0.1, 0.15) is 5.66 Å². The van der Waals surface area contributed by atoms with E-state index in [2.05, 4.69) is 5.32 Å². The molecule has 2 rings (SSSR count). The number of carbonyl (C=O) groups is 2. The van der Waals surface area contributed by atoms with Crippen LogP contribution >= 0.6 is 7.60 Å². The normalized spacial score (nSPS) is 12.7. The number of nitrogens with one attached hydrogen (secondary N) is 1. The average Bonchev–Trinajstić information content (AvgIpc) is 2.59. The highest BCUT2D eigenvalue weighted by atomic mass is 31.2. The molecule has 1 amide bonds. The molecule has 138 valence electrons. The first-order chi connectivity index (χ1) is 12.2. The number of carbonyl (C=O) groups excluding carboxylic acids is 2. The molecule has 0 aliphatic heterocycles. The summed E-state index contributed by atoms with van der Waals surface area (Å²) in [6.45, 7) is 3.58. The molecule has 0 fully saturated rings. The van der Waals surface area contributed by atoms with Crippen molar-refractivity contribution in [2.24, 2.45) is 5.92 Å². The quantitative estimate of drug-likeness (QED) is 0.508. The van der Waals surface area contributed by atoms with Crippen LogP contribution in [0.5, 0.6) is 0 Å². The maximum absolute atomic E-state index is 12.4. The summed E-state index contributed by atoms with van der Waals surface area (Å²) >= 11 is 0. The molecule has 2 aromatic rings. The lowest BCUT2D eigenvalue weighted by Crippen LogP contribution is -2.29. The topological polar surface area (TPSA) is 104 Å². The summed E-state index contributed by atoms with van der Waals surface area (Å²) in [6, 6.07) is 15.0. The maximum atomic E-state index is 12.4. The first-order valence-electron chi connectivity index (χ1n) is 8.24. The molecule has 0 heterocycles. The van der Waals surface area contributed by atoms with E-state index in [-0.39, 0.29) is 18.1 Å². The van der Waals surface area contributed by atoms with E-state index in [1.165, 1.54) is 0 Å². The lowest BCUT2D eigenvalue weighted by molar-refractivity contribution is -0.116. The van der Waals surface area contributed by atoms with Crippen molar-refractivity contribution in [3.63, 3.8) is 0 Å². The second-order valence-corrected chi connectivity index (χ2v) is 8.30. The smallest absolute Gasteiger partial charge is 0.325 e. The van der Waals surface area contributed by atoms with Gasteiger partial charge in [0.2, 0.25) is 5.91 Å². The second kappa shape index (κ2) is 8.41. The van der Waals surface area contributed by atoms with Crippen LogP contribution in [-0.2, 0) is 9.36 Å². The van der Waals surface area contributed by atoms with Gasteiger partial charge < -0.3 is 15.1 Å². The fourth-order valence-corrected chi connectivity index (χ4v) is 3.60. The number of amides is 1. The summed E-state index contributed by atoms with van der Waals surface area (Å²) in [7, 11) is -4.55. The van der Waals surface area contributed by atoms with Crippen molar-refractivity contribution in [2.75, 3.05) is 5.32 Å². The van der Waals surface area contributed by atoms with Crippen LogP contribution in [0.1, 0.15) is 36.2 Å². The van der Waals surface area contributed by atoms with E-state index in [0.717, 1.165) is 0 Å². The molecule has 0 radical (unpaired) electrons. The van der Waals surface area contributed by atoms with Gasteiger partial charge in [-0.2, -0.15) is 0 Å². The Bertz CT molecular complexity index is 812. The number of hydrogen-bond donors (Lipinski definition) is 3. The molecule has 1 atom stereocenters. The molecule has 26 heavy (non-hydrogen) atoms. The SMILES string of the molecule is CC(C)CC(C(=O)Nc1ccc(C(=O)c2ccccc2)cc1)P(=O)(O)O. The number of benzene rings is 2. The van der Waals surface area contributed by atoms with Crippen LogP contribution in [0.15, 0.2) is 54.6 Å². The third-order valence-corrected chi connectivity index (χ3v) is 5.11. The summed E-state index contributed by atoms with van der Waals surface area (Å²) in [5.41, 5.74) is 0.000597. The Hall–Kier alpha value is -2.27. The highest BCUT2D eigenvalue weighted by molar-refractivity contribution is 7.53. The van der Waals surface area contributed by atoms with Crippen LogP contribution in [0, 0.1) is 5.92 Å². The van der Waals surface area contributed by atoms with Gasteiger partial charge in [-0.1, -0.05) is 44.2 Å². The van der Waals surface area contributed by atoms with Gasteiger partial charge in [0, 0.05) is 16.8 Å². The fraction of sp³-hybridized carbons (Fsp3) is 0.263. The van der Waals surface area contributed by atoms with Gasteiger partial charge in [0.25, 0.3) is 0 Å². The number of hydrogen-bond acceptors (Lipinski definition) is 3. The summed E-state index contributed by atoms with van der Waals surface area (Å²) in [5, 5.41) is 2.52. The van der Waals surface area contributed by atoms with Gasteiger partial charge in [-0.3, -0.25) is 14.2 Å². The Morgan fingerprint density at radius 2 is 1.50 bits per heavy atom. The zero-order valence-electron chi connectivity index (χ0n) is 14.6. The first-order valence-corrected chi connectivity index (χ1v) is 9.92. The van der Waals surface area contributed by atoms with Crippen molar-refractivity contribution in [1.29, 1.82) is 0 Å². The molecule has 0 saturated heterocycles. The Morgan fingerprint density at radius 1 is 0.962 bits per heavy atom. The van der Waals surface area contributed by atoms with Gasteiger partial charge in [-0.25, -0.2) is 0 Å². The lowest BCUT2D eigenvalue weighted by Gasteiger charge is -2.19. The van der Waals surface area contributed by atoms with E-state index in [9.17, 15) is 23.9 Å². The number of anilines is 1. The minimum absolute atomic E-state index is 0.0377. The summed E-state index contributed by atoms with van der Waals surface area (Å²) in [4.78, 5) is 43.5. The highest BCUT2D eigenvalue weighted by Crippen LogP contribution is 2.44. The molecule has 0 bridgehead atoms. The second-order valence-electron chi connectivity index (χ2n) is 6.50. The van der Waals surface area contributed by atoms with Crippen LogP contribution in [-0.4, -0.2) is 27.1 Å². The average molecular weight is 375 g/mol. The van der Waals surface area contributed by atoms with E-state index in [0.29, 0.717) is 16.8 Å². The van der Waals surface area contributed by atoms with Gasteiger partial charge in [-0.05, 0) is 36.6 Å². The predicted octanol–water partition coefficient (Wildman–Crippen LogP) is 3.45. The van der Waals surface area contributed by atoms with Gasteiger partial charge in [-0.15, -0.1) is 0 Å². The third-order valence-electron chi connectivity index (χ3n) is 3.85. The number of ketones is 1. The van der Waals surface area contributed by atoms with Crippen LogP contribution in [0.4, 0.5) is 5.69 Å². The third kappa shape index (κ3) is 5.36. The number of rotatable bonds is 7. The van der Waals surface area contributed by atoms with Crippen LogP contribution in [0.3, 0.4) is 0 Å². The Balaban J connectivity index is 2.12. The molecule has 0 aliphatic rings. The first kappa shape index (κ1) is 20.0. The van der Waals surface area contributed by atoms with E-state index < -0.39 is 19.2 Å². The van der Waals surface area contributed by atoms with E-state index in [4.69, 9.17) is 0 Å². The fourth-order valence-electron chi connectivity index (χ4n) is 2.53. The van der Waals surface area contributed by atoms with E-state index in [1.54, 1.807) is 62.4 Å². The molecule has 0 aliphatic carbocycles. The minimum Gasteiger partial charge on any atom is -0.325 e.